The van der Waals surface area contributed by atoms with E-state index < -0.39 is 29.7 Å². The molecule has 1 aliphatic rings. The van der Waals surface area contributed by atoms with Crippen molar-refractivity contribution in [1.29, 1.82) is 0 Å². The number of nitrogens with one attached hydrogen (secondary N) is 1. The van der Waals surface area contributed by atoms with Crippen LogP contribution in [-0.4, -0.2) is 23.0 Å². The summed E-state index contributed by atoms with van der Waals surface area (Å²) >= 11 is 0. The molecule has 1 fully saturated rings. The first kappa shape index (κ1) is 16.5. The van der Waals surface area contributed by atoms with Crippen molar-refractivity contribution in [1.82, 2.24) is 5.32 Å². The van der Waals surface area contributed by atoms with E-state index in [1.54, 1.807) is 13.0 Å². The maximum Gasteiger partial charge on any atom is 0.308 e. The van der Waals surface area contributed by atoms with Crippen molar-refractivity contribution in [3.8, 4) is 0 Å². The Morgan fingerprint density at radius 2 is 1.86 bits per heavy atom. The highest BCUT2D eigenvalue weighted by Crippen LogP contribution is 2.24. The van der Waals surface area contributed by atoms with E-state index in [9.17, 15) is 19.1 Å². The fourth-order valence-corrected chi connectivity index (χ4v) is 3.05. The third-order valence-electron chi connectivity index (χ3n) is 4.41. The predicted molar refractivity (Wildman–Crippen MR) is 81.2 cm³/mol. The molecule has 4 nitrogen and oxygen atoms in total. The van der Waals surface area contributed by atoms with Gasteiger partial charge < -0.3 is 10.4 Å². The summed E-state index contributed by atoms with van der Waals surface area (Å²) in [7, 11) is 0. The zero-order chi connectivity index (χ0) is 16.1. The molecular weight excluding hydrogens is 285 g/mol. The molecule has 2 rings (SSSR count). The quantitative estimate of drug-likeness (QED) is 0.900. The Morgan fingerprint density at radius 3 is 2.55 bits per heavy atom. The smallest absolute Gasteiger partial charge is 0.308 e. The molecule has 5 heteroatoms. The summed E-state index contributed by atoms with van der Waals surface area (Å²) in [5, 5.41) is 12.2. The van der Waals surface area contributed by atoms with Crippen LogP contribution in [-0.2, 0) is 4.79 Å². The molecule has 1 saturated carbocycles. The van der Waals surface area contributed by atoms with Crippen LogP contribution in [0.15, 0.2) is 18.2 Å². The van der Waals surface area contributed by atoms with Gasteiger partial charge in [0, 0.05) is 11.6 Å². The molecule has 2 unspecified atom stereocenters. The van der Waals surface area contributed by atoms with Gasteiger partial charge in [-0.25, -0.2) is 4.39 Å². The number of carboxylic acids is 1. The normalized spacial score (nSPS) is 22.5. The summed E-state index contributed by atoms with van der Waals surface area (Å²) < 4.78 is 13.6. The number of carbonyl (C=O) groups excluding carboxylic acids is 1. The lowest BCUT2D eigenvalue weighted by atomic mass is 9.86. The van der Waals surface area contributed by atoms with Crippen molar-refractivity contribution in [2.75, 3.05) is 0 Å². The number of halogens is 1. The van der Waals surface area contributed by atoms with Crippen LogP contribution in [0.25, 0.3) is 0 Å². The molecule has 0 aromatic heterocycles. The summed E-state index contributed by atoms with van der Waals surface area (Å²) in [6.07, 6.45) is 5.07. The minimum absolute atomic E-state index is 0.270. The second-order valence-corrected chi connectivity index (χ2v) is 5.93. The van der Waals surface area contributed by atoms with Gasteiger partial charge in [-0.3, -0.25) is 9.59 Å². The molecule has 0 radical (unpaired) electrons. The van der Waals surface area contributed by atoms with Gasteiger partial charge in [-0.2, -0.15) is 0 Å². The first-order chi connectivity index (χ1) is 10.5. The third kappa shape index (κ3) is 3.84. The van der Waals surface area contributed by atoms with Gasteiger partial charge >= 0.3 is 5.97 Å². The van der Waals surface area contributed by atoms with E-state index in [0.29, 0.717) is 12.8 Å². The molecular formula is C17H22FNO3. The van der Waals surface area contributed by atoms with Crippen LogP contribution in [0.5, 0.6) is 0 Å². The first-order valence-electron chi connectivity index (χ1n) is 7.79. The van der Waals surface area contributed by atoms with Crippen LogP contribution >= 0.6 is 0 Å². The monoisotopic (exact) mass is 307 g/mol. The zero-order valence-electron chi connectivity index (χ0n) is 12.8. The Kier molecular flexibility index (Phi) is 5.52. The van der Waals surface area contributed by atoms with Crippen LogP contribution in [0.3, 0.4) is 0 Å². The molecule has 0 heterocycles. The minimum Gasteiger partial charge on any atom is -0.481 e. The summed E-state index contributed by atoms with van der Waals surface area (Å²) in [6.45, 7) is 1.55. The molecule has 1 aromatic carbocycles. The van der Waals surface area contributed by atoms with Crippen LogP contribution < -0.4 is 5.32 Å². The van der Waals surface area contributed by atoms with Gasteiger partial charge in [0.05, 0.1) is 5.92 Å². The van der Waals surface area contributed by atoms with Gasteiger partial charge in [-0.05, 0) is 37.5 Å². The van der Waals surface area contributed by atoms with Gasteiger partial charge in [0.2, 0.25) is 0 Å². The van der Waals surface area contributed by atoms with Crippen molar-refractivity contribution in [2.45, 2.75) is 51.5 Å². The Balaban J connectivity index is 2.16. The average Bonchev–Trinajstić information content (AvgIpc) is 2.44. The SMILES string of the molecule is Cc1c(F)cccc1C(=O)NC1CCCCCCC1C(=O)O. The highest BCUT2D eigenvalue weighted by molar-refractivity contribution is 5.96. The molecule has 22 heavy (non-hydrogen) atoms. The Labute approximate surface area is 129 Å². The van der Waals surface area contributed by atoms with Crippen molar-refractivity contribution in [2.24, 2.45) is 5.92 Å². The maximum absolute atomic E-state index is 13.6. The zero-order valence-corrected chi connectivity index (χ0v) is 12.8. The fourth-order valence-electron chi connectivity index (χ4n) is 3.05. The van der Waals surface area contributed by atoms with Crippen molar-refractivity contribution < 1.29 is 19.1 Å². The van der Waals surface area contributed by atoms with Crippen LogP contribution in [0.1, 0.15) is 54.4 Å². The number of aliphatic carboxylic acids is 1. The summed E-state index contributed by atoms with van der Waals surface area (Å²) in [5.41, 5.74) is 0.559. The van der Waals surface area contributed by atoms with Gasteiger partial charge in [0.1, 0.15) is 5.82 Å². The van der Waals surface area contributed by atoms with Crippen molar-refractivity contribution in [3.63, 3.8) is 0 Å². The van der Waals surface area contributed by atoms with Crippen LogP contribution in [0, 0.1) is 18.7 Å². The third-order valence-corrected chi connectivity index (χ3v) is 4.41. The lowest BCUT2D eigenvalue weighted by molar-refractivity contribution is -0.143. The van der Waals surface area contributed by atoms with Crippen LogP contribution in [0.2, 0.25) is 0 Å². The van der Waals surface area contributed by atoms with E-state index in [1.807, 2.05) is 0 Å². The van der Waals surface area contributed by atoms with E-state index in [0.717, 1.165) is 25.7 Å². The van der Waals surface area contributed by atoms with Crippen molar-refractivity contribution >= 4 is 11.9 Å². The second kappa shape index (κ2) is 7.38. The van der Waals surface area contributed by atoms with E-state index >= 15 is 0 Å². The average molecular weight is 307 g/mol. The molecule has 120 valence electrons. The molecule has 0 bridgehead atoms. The lowest BCUT2D eigenvalue weighted by Crippen LogP contribution is -2.44. The highest BCUT2D eigenvalue weighted by Gasteiger charge is 2.30. The molecule has 2 N–H and O–H groups in total. The van der Waals surface area contributed by atoms with Crippen molar-refractivity contribution in [3.05, 3.63) is 35.1 Å². The van der Waals surface area contributed by atoms with Gasteiger partial charge in [0.15, 0.2) is 0 Å². The molecule has 1 aliphatic carbocycles. The second-order valence-electron chi connectivity index (χ2n) is 5.93. The standard InChI is InChI=1S/C17H22FNO3/c1-11-12(8-6-9-14(11)18)16(20)19-15-10-5-3-2-4-7-13(15)17(21)22/h6,8-9,13,15H,2-5,7,10H2,1H3,(H,19,20)(H,21,22). The topological polar surface area (TPSA) is 66.4 Å². The molecule has 2 atom stereocenters. The summed E-state index contributed by atoms with van der Waals surface area (Å²) in [5.74, 6) is -2.27. The number of amides is 1. The fraction of sp³-hybridized carbons (Fsp3) is 0.529. The predicted octanol–water partition coefficient (Wildman–Crippen LogP) is 3.29. The minimum atomic E-state index is -0.872. The maximum atomic E-state index is 13.6. The number of rotatable bonds is 3. The number of hydrogen-bond acceptors (Lipinski definition) is 2. The largest absolute Gasteiger partial charge is 0.481 e. The van der Waals surface area contributed by atoms with Gasteiger partial charge in [-0.15, -0.1) is 0 Å². The number of carbonyl (C=O) groups is 2. The summed E-state index contributed by atoms with van der Waals surface area (Å²) in [6, 6.07) is 3.96. The number of hydrogen-bond donors (Lipinski definition) is 2. The van der Waals surface area contributed by atoms with E-state index in [1.165, 1.54) is 12.1 Å². The van der Waals surface area contributed by atoms with Gasteiger partial charge in [-0.1, -0.05) is 31.7 Å². The molecule has 0 spiro atoms. The van der Waals surface area contributed by atoms with Gasteiger partial charge in [0.25, 0.3) is 5.91 Å². The Morgan fingerprint density at radius 1 is 1.18 bits per heavy atom. The summed E-state index contributed by atoms with van der Waals surface area (Å²) in [4.78, 5) is 23.8. The molecule has 1 aromatic rings. The van der Waals surface area contributed by atoms with E-state index in [2.05, 4.69) is 5.32 Å². The molecule has 0 saturated heterocycles. The first-order valence-corrected chi connectivity index (χ1v) is 7.79. The Hall–Kier alpha value is -1.91. The molecule has 1 amide bonds. The lowest BCUT2D eigenvalue weighted by Gasteiger charge is -2.27. The van der Waals surface area contributed by atoms with E-state index in [4.69, 9.17) is 0 Å². The highest BCUT2D eigenvalue weighted by atomic mass is 19.1. The van der Waals surface area contributed by atoms with Crippen LogP contribution in [0.4, 0.5) is 4.39 Å². The molecule has 0 aliphatic heterocycles. The number of benzene rings is 1. The number of carboxylic acid groups (broad SMARTS) is 1. The Bertz CT molecular complexity index is 559. The van der Waals surface area contributed by atoms with E-state index in [-0.39, 0.29) is 11.1 Å².